The van der Waals surface area contributed by atoms with E-state index in [1.165, 1.54) is 0 Å². The van der Waals surface area contributed by atoms with Crippen LogP contribution in [0.3, 0.4) is 0 Å². The van der Waals surface area contributed by atoms with Gasteiger partial charge in [-0.3, -0.25) is 14.9 Å². The number of nitrogens with two attached hydrogens (primary N) is 1. The van der Waals surface area contributed by atoms with Crippen molar-refractivity contribution in [2.75, 3.05) is 45.3 Å². The minimum absolute atomic E-state index is 0. The van der Waals surface area contributed by atoms with E-state index in [0.717, 1.165) is 49.1 Å². The van der Waals surface area contributed by atoms with Gasteiger partial charge in [-0.15, -0.1) is 12.4 Å². The molecule has 2 aliphatic heterocycles. The number of ether oxygens (including phenoxy) is 2. The number of thioether (sulfide) groups is 1. The van der Waals surface area contributed by atoms with E-state index in [1.807, 2.05) is 12.1 Å². The predicted octanol–water partition coefficient (Wildman–Crippen LogP) is 1.58. The van der Waals surface area contributed by atoms with Crippen molar-refractivity contribution in [3.05, 3.63) is 22.6 Å². The van der Waals surface area contributed by atoms with Crippen molar-refractivity contribution in [3.63, 3.8) is 0 Å². The van der Waals surface area contributed by atoms with Crippen LogP contribution in [0.5, 0.6) is 11.5 Å². The molecule has 1 unspecified atom stereocenters. The number of amides is 2. The van der Waals surface area contributed by atoms with Gasteiger partial charge in [-0.25, -0.2) is 0 Å². The van der Waals surface area contributed by atoms with E-state index in [0.29, 0.717) is 29.0 Å². The fourth-order valence-electron chi connectivity index (χ4n) is 3.27. The van der Waals surface area contributed by atoms with Gasteiger partial charge in [0.05, 0.1) is 19.1 Å². The summed E-state index contributed by atoms with van der Waals surface area (Å²) < 4.78 is 10.9. The smallest absolute Gasteiger partial charge is 0.290 e. The Kier molecular flexibility index (Phi) is 7.99. The Hall–Kier alpha value is -1.94. The van der Waals surface area contributed by atoms with Crippen LogP contribution in [0.15, 0.2) is 17.0 Å². The molecule has 1 atom stereocenters. The Morgan fingerprint density at radius 1 is 1.32 bits per heavy atom. The zero-order valence-electron chi connectivity index (χ0n) is 15.8. The van der Waals surface area contributed by atoms with Gasteiger partial charge in [0, 0.05) is 49.5 Å². The molecule has 2 heterocycles. The molecule has 28 heavy (non-hydrogen) atoms. The molecule has 2 fully saturated rings. The van der Waals surface area contributed by atoms with Crippen molar-refractivity contribution < 1.29 is 19.1 Å². The van der Waals surface area contributed by atoms with Crippen molar-refractivity contribution in [1.82, 2.24) is 10.6 Å². The third-order valence-corrected chi connectivity index (χ3v) is 5.38. The number of hydrogen-bond acceptors (Lipinski definition) is 8. The van der Waals surface area contributed by atoms with E-state index >= 15 is 0 Å². The van der Waals surface area contributed by atoms with Crippen molar-refractivity contribution in [3.8, 4) is 11.5 Å². The highest BCUT2D eigenvalue weighted by molar-refractivity contribution is 8.18. The number of carbonyl (C=O) groups is 2. The Balaban J connectivity index is 0.00000280. The molecule has 1 aromatic rings. The molecule has 0 saturated carbocycles. The molecule has 0 aliphatic carbocycles. The Labute approximate surface area is 174 Å². The first-order chi connectivity index (χ1) is 13.0. The minimum atomic E-state index is -0.380. The fraction of sp³-hybridized carbons (Fsp3) is 0.444. The predicted molar refractivity (Wildman–Crippen MR) is 114 cm³/mol. The lowest BCUT2D eigenvalue weighted by Gasteiger charge is -2.23. The monoisotopic (exact) mass is 428 g/mol. The van der Waals surface area contributed by atoms with E-state index in [2.05, 4.69) is 15.5 Å². The summed E-state index contributed by atoms with van der Waals surface area (Å²) in [5, 5.41) is 5.36. The molecule has 0 bridgehead atoms. The summed E-state index contributed by atoms with van der Waals surface area (Å²) in [6.45, 7) is 3.07. The van der Waals surface area contributed by atoms with Gasteiger partial charge in [0.1, 0.15) is 0 Å². The largest absolute Gasteiger partial charge is 0.493 e. The molecule has 2 aliphatic rings. The van der Waals surface area contributed by atoms with Gasteiger partial charge in [0.25, 0.3) is 11.1 Å². The average Bonchev–Trinajstić information content (AvgIpc) is 3.25. The third-order valence-electron chi connectivity index (χ3n) is 4.57. The maximum Gasteiger partial charge on any atom is 0.290 e. The highest BCUT2D eigenvalue weighted by Crippen LogP contribution is 2.39. The van der Waals surface area contributed by atoms with Crippen LogP contribution in [0.1, 0.15) is 12.0 Å². The van der Waals surface area contributed by atoms with Gasteiger partial charge in [-0.1, -0.05) is 0 Å². The topological polar surface area (TPSA) is 106 Å². The number of halogens is 1. The van der Waals surface area contributed by atoms with Crippen LogP contribution in [0.25, 0.3) is 6.08 Å². The molecular weight excluding hydrogens is 404 g/mol. The van der Waals surface area contributed by atoms with Crippen LogP contribution in [0.4, 0.5) is 10.5 Å². The van der Waals surface area contributed by atoms with Crippen LogP contribution in [-0.2, 0) is 4.79 Å². The van der Waals surface area contributed by atoms with E-state index in [4.69, 9.17) is 15.2 Å². The molecule has 10 heteroatoms. The lowest BCUT2D eigenvalue weighted by molar-refractivity contribution is -0.115. The molecule has 154 valence electrons. The van der Waals surface area contributed by atoms with Gasteiger partial charge in [0.15, 0.2) is 11.5 Å². The minimum Gasteiger partial charge on any atom is -0.493 e. The molecule has 0 spiro atoms. The number of hydrogen-bond donors (Lipinski definition) is 3. The Morgan fingerprint density at radius 2 is 2.04 bits per heavy atom. The molecule has 2 saturated heterocycles. The van der Waals surface area contributed by atoms with Gasteiger partial charge < -0.3 is 25.4 Å². The highest BCUT2D eigenvalue weighted by Gasteiger charge is 2.28. The molecule has 3 rings (SSSR count). The summed E-state index contributed by atoms with van der Waals surface area (Å²) in [6, 6.07) is 4.10. The van der Waals surface area contributed by atoms with Crippen molar-refractivity contribution in [1.29, 1.82) is 0 Å². The van der Waals surface area contributed by atoms with Crippen LogP contribution < -0.4 is 30.7 Å². The number of nitrogens with one attached hydrogen (secondary N) is 2. The molecule has 2 amide bonds. The lowest BCUT2D eigenvalue weighted by Crippen LogP contribution is -2.35. The number of benzene rings is 1. The number of nitrogens with zero attached hydrogens (tertiary/aromatic N) is 1. The lowest BCUT2D eigenvalue weighted by atomic mass is 10.1. The summed E-state index contributed by atoms with van der Waals surface area (Å²) in [6.07, 6.45) is 2.72. The zero-order valence-corrected chi connectivity index (χ0v) is 17.5. The first-order valence-electron chi connectivity index (χ1n) is 8.75. The van der Waals surface area contributed by atoms with E-state index in [9.17, 15) is 9.59 Å². The number of carbonyl (C=O) groups excluding carboxylic acids is 2. The maximum absolute atomic E-state index is 12.0. The molecule has 4 N–H and O–H groups in total. The van der Waals surface area contributed by atoms with Crippen LogP contribution in [0, 0.1) is 0 Å². The zero-order chi connectivity index (χ0) is 19.4. The van der Waals surface area contributed by atoms with Gasteiger partial charge in [-0.2, -0.15) is 0 Å². The second-order valence-electron chi connectivity index (χ2n) is 6.29. The highest BCUT2D eigenvalue weighted by atomic mass is 35.5. The Bertz CT molecular complexity index is 774. The van der Waals surface area contributed by atoms with Gasteiger partial charge in [-0.05, 0) is 30.3 Å². The summed E-state index contributed by atoms with van der Waals surface area (Å²) >= 11 is 0.900. The molecule has 0 radical (unpaired) electrons. The standard InChI is InChI=1S/C18H24N4O4S.ClH/c1-25-14-7-11(8-16-17(23)21-18(24)27-16)13(9-15(14)26-2)22-6-3-12(10-22)20-5-4-19;/h7-9,12,20H,3-6,10,19H2,1-2H3,(H,21,23,24);1H/b16-8-;. The quantitative estimate of drug-likeness (QED) is 0.562. The van der Waals surface area contributed by atoms with Crippen LogP contribution >= 0.6 is 24.2 Å². The molecule has 0 aromatic heterocycles. The van der Waals surface area contributed by atoms with Gasteiger partial charge >= 0.3 is 0 Å². The van der Waals surface area contributed by atoms with E-state index in [1.54, 1.807) is 20.3 Å². The second-order valence-corrected chi connectivity index (χ2v) is 7.31. The second kappa shape index (κ2) is 10.0. The number of imide groups is 1. The first kappa shape index (κ1) is 22.4. The SMILES string of the molecule is COc1cc(/C=C2\SC(=O)NC2=O)c(N2CCC(NCCN)C2)cc1OC.Cl. The normalized spacial score (nSPS) is 20.3. The van der Waals surface area contributed by atoms with Crippen molar-refractivity contribution in [2.24, 2.45) is 5.73 Å². The molecule has 1 aromatic carbocycles. The number of rotatable bonds is 7. The summed E-state index contributed by atoms with van der Waals surface area (Å²) in [7, 11) is 3.16. The summed E-state index contributed by atoms with van der Waals surface area (Å²) in [5.74, 6) is 0.808. The van der Waals surface area contributed by atoms with Crippen molar-refractivity contribution in [2.45, 2.75) is 12.5 Å². The van der Waals surface area contributed by atoms with E-state index in [-0.39, 0.29) is 23.6 Å². The molecular formula is C18H25ClN4O4S. The average molecular weight is 429 g/mol. The summed E-state index contributed by atoms with van der Waals surface area (Å²) in [4.78, 5) is 26.0. The molecule has 8 nitrogen and oxygen atoms in total. The van der Waals surface area contributed by atoms with Crippen LogP contribution in [-0.4, -0.2) is 57.6 Å². The Morgan fingerprint density at radius 3 is 2.64 bits per heavy atom. The maximum atomic E-state index is 12.0. The third kappa shape index (κ3) is 4.91. The number of anilines is 1. The summed E-state index contributed by atoms with van der Waals surface area (Å²) in [5.41, 5.74) is 7.32. The van der Waals surface area contributed by atoms with Crippen LogP contribution in [0.2, 0.25) is 0 Å². The first-order valence-corrected chi connectivity index (χ1v) is 9.56. The van der Waals surface area contributed by atoms with Gasteiger partial charge in [0.2, 0.25) is 0 Å². The van der Waals surface area contributed by atoms with Crippen molar-refractivity contribution >= 4 is 47.1 Å². The van der Waals surface area contributed by atoms with E-state index < -0.39 is 0 Å². The fourth-order valence-corrected chi connectivity index (χ4v) is 3.94. The number of methoxy groups -OCH3 is 2.